The molecule has 1 saturated carbocycles. The smallest absolute Gasteiger partial charge is 0.265 e. The summed E-state index contributed by atoms with van der Waals surface area (Å²) in [5.41, 5.74) is 2.75. The zero-order valence-electron chi connectivity index (χ0n) is 14.0. The van der Waals surface area contributed by atoms with Crippen LogP contribution in [0.25, 0.3) is 0 Å². The second-order valence-electron chi connectivity index (χ2n) is 6.24. The number of benzene rings is 1. The van der Waals surface area contributed by atoms with Gasteiger partial charge in [0.1, 0.15) is 0 Å². The second-order valence-corrected chi connectivity index (χ2v) is 7.49. The van der Waals surface area contributed by atoms with E-state index in [0.29, 0.717) is 0 Å². The van der Waals surface area contributed by atoms with Gasteiger partial charge in [-0.3, -0.25) is 9.59 Å². The number of nitrogens with one attached hydrogen (secondary N) is 2. The van der Waals surface area contributed by atoms with Gasteiger partial charge in [-0.15, -0.1) is 11.3 Å². The number of hydrogen-bond acceptors (Lipinski definition) is 3. The fraction of sp³-hybridized carbons (Fsp3) is 0.368. The molecule has 2 N–H and O–H groups in total. The Hall–Kier alpha value is -2.14. The summed E-state index contributed by atoms with van der Waals surface area (Å²) >= 11 is 1.53. The molecule has 0 radical (unpaired) electrons. The van der Waals surface area contributed by atoms with Crippen molar-refractivity contribution in [3.05, 3.63) is 45.6 Å². The van der Waals surface area contributed by atoms with Gasteiger partial charge < -0.3 is 10.6 Å². The van der Waals surface area contributed by atoms with Gasteiger partial charge in [0, 0.05) is 22.2 Å². The predicted octanol–water partition coefficient (Wildman–Crippen LogP) is 4.61. The molecule has 0 saturated heterocycles. The molecule has 1 aliphatic carbocycles. The van der Waals surface area contributed by atoms with E-state index in [4.69, 9.17) is 0 Å². The van der Waals surface area contributed by atoms with Crippen LogP contribution in [0.1, 0.15) is 46.3 Å². The standard InChI is InChI=1S/C19H22N2O2S/c1-3-4-14-11-17(24-12(14)2)19(23)21-16-9-7-15(8-10-16)20-18(22)13-5-6-13/h7-11,13H,3-6H2,1-2H3,(H,20,22)(H,21,23). The van der Waals surface area contributed by atoms with E-state index in [0.717, 1.165) is 41.9 Å². The third-order valence-electron chi connectivity index (χ3n) is 4.12. The van der Waals surface area contributed by atoms with Crippen LogP contribution < -0.4 is 10.6 Å². The van der Waals surface area contributed by atoms with E-state index in [9.17, 15) is 9.59 Å². The number of carbonyl (C=O) groups excluding carboxylic acids is 2. The van der Waals surface area contributed by atoms with Crippen molar-refractivity contribution in [1.29, 1.82) is 0 Å². The average Bonchev–Trinajstić information content (AvgIpc) is 3.35. The van der Waals surface area contributed by atoms with Crippen molar-refractivity contribution < 1.29 is 9.59 Å². The van der Waals surface area contributed by atoms with Crippen LogP contribution in [0.5, 0.6) is 0 Å². The molecule has 5 heteroatoms. The van der Waals surface area contributed by atoms with E-state index in [1.165, 1.54) is 21.8 Å². The summed E-state index contributed by atoms with van der Waals surface area (Å²) in [7, 11) is 0. The third kappa shape index (κ3) is 4.03. The summed E-state index contributed by atoms with van der Waals surface area (Å²) in [6, 6.07) is 9.25. The Labute approximate surface area is 146 Å². The van der Waals surface area contributed by atoms with Gasteiger partial charge in [0.25, 0.3) is 5.91 Å². The summed E-state index contributed by atoms with van der Waals surface area (Å²) in [5, 5.41) is 5.81. The van der Waals surface area contributed by atoms with Crippen molar-refractivity contribution in [2.75, 3.05) is 10.6 Å². The van der Waals surface area contributed by atoms with Crippen LogP contribution in [-0.4, -0.2) is 11.8 Å². The van der Waals surface area contributed by atoms with Gasteiger partial charge in [-0.25, -0.2) is 0 Å². The van der Waals surface area contributed by atoms with Crippen molar-refractivity contribution in [1.82, 2.24) is 0 Å². The van der Waals surface area contributed by atoms with Crippen molar-refractivity contribution in [3.63, 3.8) is 0 Å². The van der Waals surface area contributed by atoms with Crippen LogP contribution in [0.2, 0.25) is 0 Å². The SMILES string of the molecule is CCCc1cc(C(=O)Nc2ccc(NC(=O)C3CC3)cc2)sc1C. The molecule has 1 aliphatic rings. The number of aryl methyl sites for hydroxylation is 2. The molecular formula is C19H22N2O2S. The Morgan fingerprint density at radius 1 is 1.12 bits per heavy atom. The molecule has 0 atom stereocenters. The molecule has 126 valence electrons. The molecule has 24 heavy (non-hydrogen) atoms. The van der Waals surface area contributed by atoms with Gasteiger partial charge in [-0.05, 0) is 62.1 Å². The number of hydrogen-bond donors (Lipinski definition) is 2. The van der Waals surface area contributed by atoms with Gasteiger partial charge in [0.2, 0.25) is 5.91 Å². The first-order valence-corrected chi connectivity index (χ1v) is 9.20. The zero-order chi connectivity index (χ0) is 17.1. The van der Waals surface area contributed by atoms with E-state index >= 15 is 0 Å². The molecule has 0 spiro atoms. The third-order valence-corrected chi connectivity index (χ3v) is 5.21. The molecule has 1 aromatic heterocycles. The van der Waals surface area contributed by atoms with Gasteiger partial charge in [-0.1, -0.05) is 13.3 Å². The van der Waals surface area contributed by atoms with E-state index in [1.807, 2.05) is 30.3 Å². The van der Waals surface area contributed by atoms with Gasteiger partial charge in [0.15, 0.2) is 0 Å². The minimum Gasteiger partial charge on any atom is -0.326 e. The molecule has 1 aromatic carbocycles. The van der Waals surface area contributed by atoms with Crippen molar-refractivity contribution >= 4 is 34.5 Å². The second kappa shape index (κ2) is 7.18. The zero-order valence-corrected chi connectivity index (χ0v) is 14.8. The number of anilines is 2. The maximum Gasteiger partial charge on any atom is 0.265 e. The molecule has 3 rings (SSSR count). The van der Waals surface area contributed by atoms with Crippen LogP contribution in [0.15, 0.2) is 30.3 Å². The minimum absolute atomic E-state index is 0.0831. The quantitative estimate of drug-likeness (QED) is 0.805. The van der Waals surface area contributed by atoms with Crippen molar-refractivity contribution in [3.8, 4) is 0 Å². The molecule has 1 fully saturated rings. The first kappa shape index (κ1) is 16.7. The Bertz CT molecular complexity index is 745. The Kier molecular flexibility index (Phi) is 5.00. The number of rotatable bonds is 6. The minimum atomic E-state index is -0.0831. The topological polar surface area (TPSA) is 58.2 Å². The van der Waals surface area contributed by atoms with Crippen LogP contribution >= 0.6 is 11.3 Å². The summed E-state index contributed by atoms with van der Waals surface area (Å²) in [5.74, 6) is 0.188. The highest BCUT2D eigenvalue weighted by Crippen LogP contribution is 2.30. The molecular weight excluding hydrogens is 320 g/mol. The van der Waals surface area contributed by atoms with E-state index in [1.54, 1.807) is 0 Å². The summed E-state index contributed by atoms with van der Waals surface area (Å²) in [6.45, 7) is 4.20. The fourth-order valence-corrected chi connectivity index (χ4v) is 3.54. The maximum absolute atomic E-state index is 12.4. The predicted molar refractivity (Wildman–Crippen MR) is 98.8 cm³/mol. The Morgan fingerprint density at radius 3 is 2.33 bits per heavy atom. The number of carbonyl (C=O) groups is 2. The van der Waals surface area contributed by atoms with Crippen LogP contribution in [0.3, 0.4) is 0 Å². The summed E-state index contributed by atoms with van der Waals surface area (Å²) in [6.07, 6.45) is 4.05. The first-order valence-electron chi connectivity index (χ1n) is 8.38. The largest absolute Gasteiger partial charge is 0.326 e. The molecule has 2 aromatic rings. The molecule has 0 unspecified atom stereocenters. The van der Waals surface area contributed by atoms with Crippen LogP contribution in [0.4, 0.5) is 11.4 Å². The average molecular weight is 342 g/mol. The lowest BCUT2D eigenvalue weighted by Gasteiger charge is -2.07. The van der Waals surface area contributed by atoms with Gasteiger partial charge in [0.05, 0.1) is 4.88 Å². The van der Waals surface area contributed by atoms with Crippen molar-refractivity contribution in [2.45, 2.75) is 39.5 Å². The van der Waals surface area contributed by atoms with Gasteiger partial charge >= 0.3 is 0 Å². The normalized spacial score (nSPS) is 13.6. The number of thiophene rings is 1. The molecule has 0 bridgehead atoms. The van der Waals surface area contributed by atoms with Crippen molar-refractivity contribution in [2.24, 2.45) is 5.92 Å². The van der Waals surface area contributed by atoms with E-state index in [2.05, 4.69) is 24.5 Å². The molecule has 2 amide bonds. The molecule has 0 aliphatic heterocycles. The van der Waals surface area contributed by atoms with E-state index < -0.39 is 0 Å². The Morgan fingerprint density at radius 2 is 1.75 bits per heavy atom. The monoisotopic (exact) mass is 342 g/mol. The highest BCUT2D eigenvalue weighted by atomic mass is 32.1. The first-order chi connectivity index (χ1) is 11.6. The maximum atomic E-state index is 12.4. The van der Waals surface area contributed by atoms with Gasteiger partial charge in [-0.2, -0.15) is 0 Å². The number of amides is 2. The summed E-state index contributed by atoms with van der Waals surface area (Å²) in [4.78, 5) is 26.1. The van der Waals surface area contributed by atoms with E-state index in [-0.39, 0.29) is 17.7 Å². The lowest BCUT2D eigenvalue weighted by molar-refractivity contribution is -0.117. The van der Waals surface area contributed by atoms with Crippen LogP contribution in [0, 0.1) is 12.8 Å². The molecule has 1 heterocycles. The lowest BCUT2D eigenvalue weighted by atomic mass is 10.1. The highest BCUT2D eigenvalue weighted by Gasteiger charge is 2.29. The summed E-state index contributed by atoms with van der Waals surface area (Å²) < 4.78 is 0. The highest BCUT2D eigenvalue weighted by molar-refractivity contribution is 7.14. The lowest BCUT2D eigenvalue weighted by Crippen LogP contribution is -2.13. The Balaban J connectivity index is 1.61. The van der Waals surface area contributed by atoms with Crippen LogP contribution in [-0.2, 0) is 11.2 Å². The molecule has 4 nitrogen and oxygen atoms in total. The fourth-order valence-electron chi connectivity index (χ4n) is 2.57.